The Hall–Kier alpha value is -2.15. The Morgan fingerprint density at radius 1 is 1.45 bits per heavy atom. The van der Waals surface area contributed by atoms with E-state index in [4.69, 9.17) is 14.2 Å². The number of esters is 1. The van der Waals surface area contributed by atoms with E-state index < -0.39 is 4.92 Å². The fourth-order valence-electron chi connectivity index (χ4n) is 2.08. The molecule has 7 nitrogen and oxygen atoms in total. The highest BCUT2D eigenvalue weighted by Gasteiger charge is 2.31. The molecule has 3 rings (SSSR count). The maximum Gasteiger partial charge on any atom is 0.309 e. The number of rotatable bonds is 4. The van der Waals surface area contributed by atoms with Crippen LogP contribution in [0.2, 0.25) is 0 Å². The zero-order valence-corrected chi connectivity index (χ0v) is 10.7. The van der Waals surface area contributed by atoms with Crippen LogP contribution in [0.15, 0.2) is 12.1 Å². The van der Waals surface area contributed by atoms with E-state index in [1.165, 1.54) is 12.1 Å². The van der Waals surface area contributed by atoms with Crippen LogP contribution in [0.25, 0.3) is 0 Å². The van der Waals surface area contributed by atoms with Crippen LogP contribution in [0, 0.1) is 16.0 Å². The number of nitrogens with zero attached hydrogens (tertiary/aromatic N) is 1. The van der Waals surface area contributed by atoms with Gasteiger partial charge in [0.25, 0.3) is 5.69 Å². The van der Waals surface area contributed by atoms with Gasteiger partial charge < -0.3 is 14.2 Å². The fourth-order valence-corrected chi connectivity index (χ4v) is 2.08. The summed E-state index contributed by atoms with van der Waals surface area (Å²) in [5.74, 6) is 0.261. The van der Waals surface area contributed by atoms with Gasteiger partial charge in [-0.15, -0.1) is 0 Å². The molecule has 7 heteroatoms. The SMILES string of the molecule is O=C(OCc1cc([N+](=O)[O-])cc2c1OCOC2)C1CC1. The Morgan fingerprint density at radius 3 is 2.95 bits per heavy atom. The molecule has 1 aliphatic carbocycles. The topological polar surface area (TPSA) is 87.9 Å². The van der Waals surface area contributed by atoms with E-state index in [2.05, 4.69) is 0 Å². The summed E-state index contributed by atoms with van der Waals surface area (Å²) in [5, 5.41) is 10.9. The molecule has 0 atom stereocenters. The summed E-state index contributed by atoms with van der Waals surface area (Å²) >= 11 is 0. The third-order valence-corrected chi connectivity index (χ3v) is 3.26. The normalized spacial score (nSPS) is 17.0. The molecule has 0 amide bonds. The molecule has 1 aromatic rings. The van der Waals surface area contributed by atoms with Gasteiger partial charge >= 0.3 is 5.97 Å². The number of nitro benzene ring substituents is 1. The molecule has 106 valence electrons. The van der Waals surface area contributed by atoms with Gasteiger partial charge in [0.05, 0.1) is 17.4 Å². The highest BCUT2D eigenvalue weighted by molar-refractivity contribution is 5.75. The Bertz CT molecular complexity index is 566. The predicted octanol–water partition coefficient (Wildman–Crippen LogP) is 1.91. The van der Waals surface area contributed by atoms with E-state index in [9.17, 15) is 14.9 Å². The largest absolute Gasteiger partial charge is 0.467 e. The molecular weight excluding hydrogens is 266 g/mol. The molecule has 0 unspecified atom stereocenters. The fraction of sp³-hybridized carbons (Fsp3) is 0.462. The Kier molecular flexibility index (Phi) is 3.27. The number of non-ortho nitro benzene ring substituents is 1. The summed E-state index contributed by atoms with van der Waals surface area (Å²) in [5.41, 5.74) is 1.05. The monoisotopic (exact) mass is 279 g/mol. The molecule has 1 aromatic carbocycles. The summed E-state index contributed by atoms with van der Waals surface area (Å²) in [6.45, 7) is 0.328. The molecule has 1 heterocycles. The van der Waals surface area contributed by atoms with Crippen LogP contribution < -0.4 is 4.74 Å². The third-order valence-electron chi connectivity index (χ3n) is 3.26. The Morgan fingerprint density at radius 2 is 2.25 bits per heavy atom. The van der Waals surface area contributed by atoms with E-state index in [1.54, 1.807) is 0 Å². The van der Waals surface area contributed by atoms with Crippen molar-refractivity contribution in [3.8, 4) is 5.75 Å². The van der Waals surface area contributed by atoms with Crippen LogP contribution in [-0.2, 0) is 27.5 Å². The first-order chi connectivity index (χ1) is 9.65. The van der Waals surface area contributed by atoms with Crippen molar-refractivity contribution in [2.75, 3.05) is 6.79 Å². The quantitative estimate of drug-likeness (QED) is 0.475. The minimum absolute atomic E-state index is 0.00576. The Labute approximate surface area is 114 Å². The van der Waals surface area contributed by atoms with Crippen LogP contribution in [-0.4, -0.2) is 17.7 Å². The number of hydrogen-bond acceptors (Lipinski definition) is 6. The molecule has 0 spiro atoms. The maximum atomic E-state index is 11.5. The third kappa shape index (κ3) is 2.57. The van der Waals surface area contributed by atoms with Crippen LogP contribution in [0.5, 0.6) is 5.75 Å². The van der Waals surface area contributed by atoms with Gasteiger partial charge in [-0.1, -0.05) is 0 Å². The standard InChI is InChI=1S/C13H13NO6/c15-13(8-1-2-8)19-6-10-4-11(14(16)17)3-9-5-18-7-20-12(9)10/h3-4,8H,1-2,5-7H2. The first-order valence-electron chi connectivity index (χ1n) is 6.32. The van der Waals surface area contributed by atoms with Crippen molar-refractivity contribution < 1.29 is 23.9 Å². The van der Waals surface area contributed by atoms with Crippen molar-refractivity contribution in [2.24, 2.45) is 5.92 Å². The average Bonchev–Trinajstić information content (AvgIpc) is 3.28. The van der Waals surface area contributed by atoms with E-state index in [1.807, 2.05) is 0 Å². The summed E-state index contributed by atoms with van der Waals surface area (Å²) in [7, 11) is 0. The van der Waals surface area contributed by atoms with E-state index in [0.717, 1.165) is 12.8 Å². The second kappa shape index (κ2) is 5.09. The molecule has 1 saturated carbocycles. The highest BCUT2D eigenvalue weighted by Crippen LogP contribution is 2.34. The number of nitro groups is 1. The van der Waals surface area contributed by atoms with Crippen LogP contribution in [0.4, 0.5) is 5.69 Å². The van der Waals surface area contributed by atoms with Gasteiger partial charge in [-0.25, -0.2) is 0 Å². The first kappa shape index (κ1) is 12.9. The smallest absolute Gasteiger partial charge is 0.309 e. The second-order valence-electron chi connectivity index (χ2n) is 4.84. The second-order valence-corrected chi connectivity index (χ2v) is 4.84. The van der Waals surface area contributed by atoms with Crippen LogP contribution in [0.1, 0.15) is 24.0 Å². The molecule has 0 N–H and O–H groups in total. The van der Waals surface area contributed by atoms with Gasteiger partial charge in [-0.3, -0.25) is 14.9 Å². The first-order valence-corrected chi connectivity index (χ1v) is 6.32. The molecule has 2 aliphatic rings. The lowest BCUT2D eigenvalue weighted by molar-refractivity contribution is -0.385. The van der Waals surface area contributed by atoms with Crippen molar-refractivity contribution in [2.45, 2.75) is 26.1 Å². The minimum Gasteiger partial charge on any atom is -0.467 e. The van der Waals surface area contributed by atoms with E-state index in [0.29, 0.717) is 16.9 Å². The van der Waals surface area contributed by atoms with Crippen LogP contribution >= 0.6 is 0 Å². The lowest BCUT2D eigenvalue weighted by atomic mass is 10.1. The van der Waals surface area contributed by atoms with Gasteiger partial charge in [0.15, 0.2) is 6.79 Å². The number of carbonyl (C=O) groups excluding carboxylic acids is 1. The predicted molar refractivity (Wildman–Crippen MR) is 65.9 cm³/mol. The molecular formula is C13H13NO6. The number of benzene rings is 1. The molecule has 1 fully saturated rings. The number of fused-ring (bicyclic) bond motifs is 1. The lowest BCUT2D eigenvalue weighted by Crippen LogP contribution is -2.15. The molecule has 0 bridgehead atoms. The minimum atomic E-state index is -0.485. The number of carbonyl (C=O) groups is 1. The number of ether oxygens (including phenoxy) is 3. The summed E-state index contributed by atoms with van der Waals surface area (Å²) in [4.78, 5) is 22.0. The van der Waals surface area contributed by atoms with E-state index >= 15 is 0 Å². The van der Waals surface area contributed by atoms with Gasteiger partial charge in [-0.05, 0) is 12.8 Å². The highest BCUT2D eigenvalue weighted by atomic mass is 16.7. The van der Waals surface area contributed by atoms with Crippen molar-refractivity contribution >= 4 is 11.7 Å². The number of hydrogen-bond donors (Lipinski definition) is 0. The maximum absolute atomic E-state index is 11.5. The van der Waals surface area contributed by atoms with Crippen molar-refractivity contribution in [1.29, 1.82) is 0 Å². The molecule has 0 saturated heterocycles. The van der Waals surface area contributed by atoms with Crippen molar-refractivity contribution in [1.82, 2.24) is 0 Å². The average molecular weight is 279 g/mol. The Balaban J connectivity index is 1.84. The molecule has 0 radical (unpaired) electrons. The molecule has 20 heavy (non-hydrogen) atoms. The molecule has 0 aromatic heterocycles. The van der Waals surface area contributed by atoms with Gasteiger partial charge in [0, 0.05) is 23.3 Å². The zero-order chi connectivity index (χ0) is 14.1. The lowest BCUT2D eigenvalue weighted by Gasteiger charge is -2.20. The van der Waals surface area contributed by atoms with Crippen molar-refractivity contribution in [3.05, 3.63) is 33.4 Å². The van der Waals surface area contributed by atoms with Crippen LogP contribution in [0.3, 0.4) is 0 Å². The zero-order valence-electron chi connectivity index (χ0n) is 10.7. The summed E-state index contributed by atoms with van der Waals surface area (Å²) in [6, 6.07) is 2.80. The van der Waals surface area contributed by atoms with Crippen molar-refractivity contribution in [3.63, 3.8) is 0 Å². The van der Waals surface area contributed by atoms with Gasteiger partial charge in [0.2, 0.25) is 0 Å². The molecule has 1 aliphatic heterocycles. The van der Waals surface area contributed by atoms with Gasteiger partial charge in [0.1, 0.15) is 12.4 Å². The van der Waals surface area contributed by atoms with Gasteiger partial charge in [-0.2, -0.15) is 0 Å². The van der Waals surface area contributed by atoms with E-state index in [-0.39, 0.29) is 37.6 Å². The summed E-state index contributed by atoms with van der Waals surface area (Å²) < 4.78 is 15.6. The summed E-state index contributed by atoms with van der Waals surface area (Å²) in [6.07, 6.45) is 1.71.